The van der Waals surface area contributed by atoms with Crippen LogP contribution in [0.4, 0.5) is 0 Å². The molecule has 0 radical (unpaired) electrons. The average molecular weight is 270 g/mol. The molecule has 0 aromatic heterocycles. The molecule has 8 heteroatoms. The first kappa shape index (κ1) is 15.9. The van der Waals surface area contributed by atoms with E-state index in [0.29, 0.717) is 0 Å². The number of hydrogen-bond donors (Lipinski definition) is 0. The number of hydrogen-bond acceptors (Lipinski definition) is 6. The van der Waals surface area contributed by atoms with Gasteiger partial charge in [0.25, 0.3) is 0 Å². The minimum absolute atomic E-state index is 0.132. The van der Waals surface area contributed by atoms with Crippen molar-refractivity contribution in [2.45, 2.75) is 13.8 Å². The summed E-state index contributed by atoms with van der Waals surface area (Å²) in [6, 6.07) is 0. The van der Waals surface area contributed by atoms with Gasteiger partial charge in [0.2, 0.25) is 0 Å². The van der Waals surface area contributed by atoms with Crippen molar-refractivity contribution < 1.29 is 28.0 Å². The lowest BCUT2D eigenvalue weighted by Gasteiger charge is -2.11. The lowest BCUT2D eigenvalue weighted by Crippen LogP contribution is -1.99. The Kier molecular flexibility index (Phi) is 10.1. The summed E-state index contributed by atoms with van der Waals surface area (Å²) in [4.78, 5) is 9.15. The Balaban J connectivity index is 3.86. The molecular weight excluding hydrogens is 254 g/mol. The lowest BCUT2D eigenvalue weighted by molar-refractivity contribution is -0.268. The van der Waals surface area contributed by atoms with Gasteiger partial charge in [-0.25, -0.2) is 14.3 Å². The van der Waals surface area contributed by atoms with Crippen LogP contribution >= 0.6 is 17.3 Å². The van der Waals surface area contributed by atoms with Crippen molar-refractivity contribution >= 4 is 17.3 Å². The van der Waals surface area contributed by atoms with E-state index in [-0.39, 0.29) is 13.2 Å². The van der Waals surface area contributed by atoms with E-state index in [2.05, 4.69) is 23.4 Å². The molecule has 94 valence electrons. The van der Waals surface area contributed by atoms with Crippen LogP contribution in [-0.2, 0) is 28.0 Å². The fourth-order valence-corrected chi connectivity index (χ4v) is 1.19. The Morgan fingerprint density at radius 2 is 1.50 bits per heavy atom. The van der Waals surface area contributed by atoms with E-state index in [4.69, 9.17) is 0 Å². The normalized spacial score (nSPS) is 12.9. The lowest BCUT2D eigenvalue weighted by atomic mass is 10.6. The molecule has 0 bridgehead atoms. The minimum atomic E-state index is -3.83. The summed E-state index contributed by atoms with van der Waals surface area (Å²) in [7, 11) is -2.07. The molecule has 0 aliphatic rings. The van der Waals surface area contributed by atoms with Crippen LogP contribution in [-0.4, -0.2) is 13.2 Å². The molecule has 0 spiro atoms. The molecule has 1 unspecified atom stereocenters. The van der Waals surface area contributed by atoms with Gasteiger partial charge >= 0.3 is 7.82 Å². The van der Waals surface area contributed by atoms with Gasteiger partial charge in [0, 0.05) is 9.47 Å². The maximum atomic E-state index is 11.5. The summed E-state index contributed by atoms with van der Waals surface area (Å²) in [6.45, 7) is 3.89. The Hall–Kier alpha value is -0.0600. The standard InChI is InChI=1S/C8H16O6P2/c1-3-5-7-10-12-16(9,14-15)13-11-8-6-4-2/h3-6H,7-8,15H2,1-2H3/b5-3+,6-4+. The Morgan fingerprint density at radius 3 is 1.81 bits per heavy atom. The second kappa shape index (κ2) is 10.1. The van der Waals surface area contributed by atoms with E-state index in [1.54, 1.807) is 33.8 Å². The molecule has 0 aliphatic carbocycles. The number of allylic oxidation sites excluding steroid dienone is 2. The molecular formula is C8H16O6P2. The van der Waals surface area contributed by atoms with Crippen LogP contribution in [0, 0.1) is 0 Å². The van der Waals surface area contributed by atoms with Gasteiger partial charge in [0.05, 0.1) is 0 Å². The first-order valence-electron chi connectivity index (χ1n) is 4.51. The zero-order valence-electron chi connectivity index (χ0n) is 9.20. The summed E-state index contributed by atoms with van der Waals surface area (Å²) < 4.78 is 24.9. The third-order valence-electron chi connectivity index (χ3n) is 1.22. The summed E-state index contributed by atoms with van der Waals surface area (Å²) in [5.41, 5.74) is 0. The summed E-state index contributed by atoms with van der Waals surface area (Å²) in [6.07, 6.45) is 6.82. The Morgan fingerprint density at radius 1 is 1.06 bits per heavy atom. The maximum absolute atomic E-state index is 11.5. The van der Waals surface area contributed by atoms with Crippen molar-refractivity contribution in [3.63, 3.8) is 0 Å². The fraction of sp³-hybridized carbons (Fsp3) is 0.500. The Bertz CT molecular complexity index is 243. The molecule has 0 fully saturated rings. The number of phosphoric acid groups is 1. The predicted octanol–water partition coefficient (Wildman–Crippen LogP) is 2.95. The highest BCUT2D eigenvalue weighted by molar-refractivity contribution is 7.52. The van der Waals surface area contributed by atoms with Crippen LogP contribution in [0.2, 0.25) is 0 Å². The van der Waals surface area contributed by atoms with Crippen molar-refractivity contribution in [2.24, 2.45) is 0 Å². The molecule has 0 N–H and O–H groups in total. The quantitative estimate of drug-likeness (QED) is 0.211. The van der Waals surface area contributed by atoms with Crippen LogP contribution in [0.5, 0.6) is 0 Å². The molecule has 6 nitrogen and oxygen atoms in total. The van der Waals surface area contributed by atoms with Gasteiger partial charge in [-0.05, 0) is 13.8 Å². The highest BCUT2D eigenvalue weighted by Gasteiger charge is 2.28. The molecule has 1 atom stereocenters. The largest absolute Gasteiger partial charge is 0.532 e. The van der Waals surface area contributed by atoms with E-state index >= 15 is 0 Å². The first-order chi connectivity index (χ1) is 7.68. The SMILES string of the molecule is C/C=C/COOP(=O)(OP)OOC/C=C/C. The van der Waals surface area contributed by atoms with Crippen LogP contribution in [0.3, 0.4) is 0 Å². The summed E-state index contributed by atoms with van der Waals surface area (Å²) in [5.74, 6) is 0. The fourth-order valence-electron chi connectivity index (χ4n) is 0.509. The topological polar surface area (TPSA) is 63.2 Å². The van der Waals surface area contributed by atoms with Crippen LogP contribution in [0.15, 0.2) is 24.3 Å². The van der Waals surface area contributed by atoms with Crippen molar-refractivity contribution in [1.82, 2.24) is 0 Å². The van der Waals surface area contributed by atoms with Crippen LogP contribution < -0.4 is 0 Å². The monoisotopic (exact) mass is 270 g/mol. The smallest absolute Gasteiger partial charge is 0.267 e. The predicted molar refractivity (Wildman–Crippen MR) is 62.1 cm³/mol. The third-order valence-corrected chi connectivity index (χ3v) is 2.83. The summed E-state index contributed by atoms with van der Waals surface area (Å²) >= 11 is 0. The third kappa shape index (κ3) is 8.13. The molecule has 0 amide bonds. The van der Waals surface area contributed by atoms with Crippen LogP contribution in [0.1, 0.15) is 13.8 Å². The molecule has 0 aromatic rings. The molecule has 0 aromatic carbocycles. The second-order valence-electron chi connectivity index (χ2n) is 2.41. The van der Waals surface area contributed by atoms with Crippen molar-refractivity contribution in [1.29, 1.82) is 0 Å². The van der Waals surface area contributed by atoms with Gasteiger partial charge in [-0.2, -0.15) is 0 Å². The highest BCUT2D eigenvalue weighted by atomic mass is 31.2. The maximum Gasteiger partial charge on any atom is 0.532 e. The van der Waals surface area contributed by atoms with Gasteiger partial charge < -0.3 is 0 Å². The Labute approximate surface area is 97.3 Å². The van der Waals surface area contributed by atoms with E-state index in [1.165, 1.54) is 0 Å². The molecule has 0 aliphatic heterocycles. The molecule has 0 saturated heterocycles. The van der Waals surface area contributed by atoms with E-state index in [0.717, 1.165) is 0 Å². The van der Waals surface area contributed by atoms with E-state index in [1.807, 2.05) is 13.8 Å². The van der Waals surface area contributed by atoms with Crippen LogP contribution in [0.25, 0.3) is 0 Å². The average Bonchev–Trinajstić information content (AvgIpc) is 2.31. The minimum Gasteiger partial charge on any atom is -0.267 e. The molecule has 0 rings (SSSR count). The van der Waals surface area contributed by atoms with Gasteiger partial charge in [-0.15, -0.1) is 9.35 Å². The van der Waals surface area contributed by atoms with Gasteiger partial charge in [-0.1, -0.05) is 24.3 Å². The van der Waals surface area contributed by atoms with E-state index < -0.39 is 7.82 Å². The van der Waals surface area contributed by atoms with Crippen molar-refractivity contribution in [3.05, 3.63) is 24.3 Å². The zero-order chi connectivity index (χ0) is 12.3. The second-order valence-corrected chi connectivity index (χ2v) is 4.44. The summed E-state index contributed by atoms with van der Waals surface area (Å²) in [5, 5.41) is 0. The van der Waals surface area contributed by atoms with Gasteiger partial charge in [-0.3, -0.25) is 4.31 Å². The molecule has 0 heterocycles. The molecule has 16 heavy (non-hydrogen) atoms. The van der Waals surface area contributed by atoms with E-state index in [9.17, 15) is 4.57 Å². The van der Waals surface area contributed by atoms with Gasteiger partial charge in [0.15, 0.2) is 0 Å². The highest BCUT2D eigenvalue weighted by Crippen LogP contribution is 2.51. The zero-order valence-corrected chi connectivity index (χ0v) is 11.2. The van der Waals surface area contributed by atoms with Crippen molar-refractivity contribution in [3.8, 4) is 0 Å². The van der Waals surface area contributed by atoms with Crippen molar-refractivity contribution in [2.75, 3.05) is 13.2 Å². The first-order valence-corrected chi connectivity index (χ1v) is 6.45. The van der Waals surface area contributed by atoms with Gasteiger partial charge in [0.1, 0.15) is 13.2 Å². The molecule has 0 saturated carbocycles. The number of rotatable bonds is 9.